The lowest BCUT2D eigenvalue weighted by Crippen LogP contribution is -2.48. The molecule has 0 saturated carbocycles. The highest BCUT2D eigenvalue weighted by molar-refractivity contribution is 5.78. The van der Waals surface area contributed by atoms with Gasteiger partial charge in [0.2, 0.25) is 5.91 Å². The van der Waals surface area contributed by atoms with E-state index in [0.717, 1.165) is 39.1 Å². The van der Waals surface area contributed by atoms with E-state index in [4.69, 9.17) is 0 Å². The lowest BCUT2D eigenvalue weighted by molar-refractivity contribution is -0.131. The van der Waals surface area contributed by atoms with Gasteiger partial charge < -0.3 is 10.2 Å². The highest BCUT2D eigenvalue weighted by Crippen LogP contribution is 2.03. The van der Waals surface area contributed by atoms with Crippen LogP contribution in [0.4, 0.5) is 0 Å². The first-order valence-electron chi connectivity index (χ1n) is 6.30. The monoisotopic (exact) mass is 227 g/mol. The molecule has 16 heavy (non-hydrogen) atoms. The molecular formula is C12H25N3O. The zero-order valence-electron chi connectivity index (χ0n) is 10.8. The van der Waals surface area contributed by atoms with E-state index in [1.54, 1.807) is 0 Å². The van der Waals surface area contributed by atoms with Crippen LogP contribution in [0.5, 0.6) is 0 Å². The van der Waals surface area contributed by atoms with Gasteiger partial charge in [-0.25, -0.2) is 0 Å². The minimum Gasteiger partial charge on any atom is -0.344 e. The first kappa shape index (κ1) is 13.5. The topological polar surface area (TPSA) is 35.6 Å². The molecule has 1 unspecified atom stereocenters. The van der Waals surface area contributed by atoms with Gasteiger partial charge in [0.05, 0.1) is 6.54 Å². The summed E-state index contributed by atoms with van der Waals surface area (Å²) in [5, 5.41) is 3.29. The Hall–Kier alpha value is -0.610. The molecule has 1 heterocycles. The molecular weight excluding hydrogens is 202 g/mol. The third-order valence-electron chi connectivity index (χ3n) is 3.28. The van der Waals surface area contributed by atoms with E-state index in [1.165, 1.54) is 0 Å². The first-order chi connectivity index (χ1) is 7.63. The third-order valence-corrected chi connectivity index (χ3v) is 3.28. The maximum Gasteiger partial charge on any atom is 0.236 e. The predicted molar refractivity (Wildman–Crippen MR) is 66.4 cm³/mol. The van der Waals surface area contributed by atoms with Crippen LogP contribution in [-0.2, 0) is 4.79 Å². The van der Waals surface area contributed by atoms with Gasteiger partial charge in [0.15, 0.2) is 0 Å². The Labute approximate surface area is 99.0 Å². The molecule has 1 N–H and O–H groups in total. The summed E-state index contributed by atoms with van der Waals surface area (Å²) in [6.45, 7) is 9.79. The number of amides is 1. The maximum atomic E-state index is 11.9. The van der Waals surface area contributed by atoms with Crippen molar-refractivity contribution >= 4 is 5.91 Å². The van der Waals surface area contributed by atoms with E-state index in [9.17, 15) is 4.79 Å². The number of carbonyl (C=O) groups excluding carboxylic acids is 1. The van der Waals surface area contributed by atoms with Gasteiger partial charge in [-0.05, 0) is 5.92 Å². The van der Waals surface area contributed by atoms with Gasteiger partial charge in [-0.3, -0.25) is 9.69 Å². The van der Waals surface area contributed by atoms with Crippen LogP contribution in [-0.4, -0.2) is 62.0 Å². The van der Waals surface area contributed by atoms with Crippen LogP contribution in [0.1, 0.15) is 20.3 Å². The van der Waals surface area contributed by atoms with Crippen molar-refractivity contribution in [3.8, 4) is 0 Å². The lowest BCUT2D eigenvalue weighted by atomic mass is 10.1. The minimum absolute atomic E-state index is 0.252. The van der Waals surface area contributed by atoms with Gasteiger partial charge in [0.1, 0.15) is 0 Å². The molecule has 0 aromatic heterocycles. The molecule has 1 amide bonds. The molecule has 0 bridgehead atoms. The van der Waals surface area contributed by atoms with Gasteiger partial charge in [0.25, 0.3) is 0 Å². The molecule has 4 heteroatoms. The van der Waals surface area contributed by atoms with Crippen molar-refractivity contribution < 1.29 is 4.79 Å². The molecule has 1 aliphatic rings. The quantitative estimate of drug-likeness (QED) is 0.738. The Kier molecular flexibility index (Phi) is 5.77. The highest BCUT2D eigenvalue weighted by atomic mass is 16.2. The van der Waals surface area contributed by atoms with Crippen LogP contribution in [0.3, 0.4) is 0 Å². The number of rotatable bonds is 5. The van der Waals surface area contributed by atoms with Crippen molar-refractivity contribution in [2.75, 3.05) is 46.3 Å². The second kappa shape index (κ2) is 6.86. The fraction of sp³-hybridized carbons (Fsp3) is 0.917. The summed E-state index contributed by atoms with van der Waals surface area (Å²) in [4.78, 5) is 16.0. The Morgan fingerprint density at radius 3 is 2.62 bits per heavy atom. The van der Waals surface area contributed by atoms with E-state index in [-0.39, 0.29) is 5.91 Å². The maximum absolute atomic E-state index is 11.9. The van der Waals surface area contributed by atoms with Gasteiger partial charge in [-0.1, -0.05) is 20.3 Å². The van der Waals surface area contributed by atoms with Crippen LogP contribution < -0.4 is 5.32 Å². The number of carbonyl (C=O) groups is 1. The molecule has 4 nitrogen and oxygen atoms in total. The molecule has 1 aliphatic heterocycles. The zero-order chi connectivity index (χ0) is 12.0. The van der Waals surface area contributed by atoms with Crippen molar-refractivity contribution in [1.82, 2.24) is 15.1 Å². The summed E-state index contributed by atoms with van der Waals surface area (Å²) in [6, 6.07) is 0. The van der Waals surface area contributed by atoms with E-state index < -0.39 is 0 Å². The molecule has 94 valence electrons. The molecule has 0 aliphatic carbocycles. The van der Waals surface area contributed by atoms with E-state index >= 15 is 0 Å². The first-order valence-corrected chi connectivity index (χ1v) is 6.30. The Bertz CT molecular complexity index is 214. The van der Waals surface area contributed by atoms with Crippen molar-refractivity contribution in [3.05, 3.63) is 0 Å². The molecule has 0 aromatic carbocycles. The predicted octanol–water partition coefficient (Wildman–Crippen LogP) is 0.396. The van der Waals surface area contributed by atoms with Gasteiger partial charge in [-0.2, -0.15) is 0 Å². The van der Waals surface area contributed by atoms with Crippen LogP contribution in [0.2, 0.25) is 0 Å². The summed E-state index contributed by atoms with van der Waals surface area (Å²) in [6.07, 6.45) is 1.13. The summed E-state index contributed by atoms with van der Waals surface area (Å²) in [7, 11) is 1.91. The zero-order valence-corrected chi connectivity index (χ0v) is 10.8. The number of piperazine rings is 1. The molecule has 0 aromatic rings. The fourth-order valence-electron chi connectivity index (χ4n) is 1.88. The van der Waals surface area contributed by atoms with Crippen molar-refractivity contribution in [3.63, 3.8) is 0 Å². The molecule has 1 saturated heterocycles. The van der Waals surface area contributed by atoms with Gasteiger partial charge in [0, 0.05) is 39.8 Å². The number of nitrogens with zero attached hydrogens (tertiary/aromatic N) is 2. The summed E-state index contributed by atoms with van der Waals surface area (Å²) < 4.78 is 0. The van der Waals surface area contributed by atoms with Crippen LogP contribution in [0.15, 0.2) is 0 Å². The summed E-state index contributed by atoms with van der Waals surface area (Å²) >= 11 is 0. The van der Waals surface area contributed by atoms with Crippen molar-refractivity contribution in [1.29, 1.82) is 0 Å². The largest absolute Gasteiger partial charge is 0.344 e. The van der Waals surface area contributed by atoms with Gasteiger partial charge >= 0.3 is 0 Å². The average molecular weight is 227 g/mol. The molecule has 1 rings (SSSR count). The fourth-order valence-corrected chi connectivity index (χ4v) is 1.88. The Morgan fingerprint density at radius 1 is 1.44 bits per heavy atom. The van der Waals surface area contributed by atoms with Crippen LogP contribution in [0.25, 0.3) is 0 Å². The second-order valence-electron chi connectivity index (χ2n) is 4.81. The number of hydrogen-bond acceptors (Lipinski definition) is 3. The molecule has 1 fully saturated rings. The van der Waals surface area contributed by atoms with Crippen LogP contribution >= 0.6 is 0 Å². The number of nitrogens with one attached hydrogen (secondary N) is 1. The smallest absolute Gasteiger partial charge is 0.236 e. The van der Waals surface area contributed by atoms with E-state index in [0.29, 0.717) is 12.5 Å². The van der Waals surface area contributed by atoms with E-state index in [1.807, 2.05) is 11.9 Å². The Morgan fingerprint density at radius 2 is 2.06 bits per heavy atom. The summed E-state index contributed by atoms with van der Waals surface area (Å²) in [5.41, 5.74) is 0. The molecule has 0 radical (unpaired) electrons. The third kappa shape index (κ3) is 4.49. The van der Waals surface area contributed by atoms with E-state index in [2.05, 4.69) is 24.1 Å². The SMILES string of the molecule is CCC(C)CN(C)C(=O)CN1CCNCC1. The highest BCUT2D eigenvalue weighted by Gasteiger charge is 2.17. The average Bonchev–Trinajstić information content (AvgIpc) is 2.30. The normalized spacial score (nSPS) is 19.4. The molecule has 1 atom stereocenters. The summed E-state index contributed by atoms with van der Waals surface area (Å²) in [5.74, 6) is 0.846. The van der Waals surface area contributed by atoms with Gasteiger partial charge in [-0.15, -0.1) is 0 Å². The van der Waals surface area contributed by atoms with Crippen molar-refractivity contribution in [2.45, 2.75) is 20.3 Å². The molecule has 0 spiro atoms. The number of likely N-dealkylation sites (N-methyl/N-ethyl adjacent to an activating group) is 1. The second-order valence-corrected chi connectivity index (χ2v) is 4.81. The van der Waals surface area contributed by atoms with Crippen molar-refractivity contribution in [2.24, 2.45) is 5.92 Å². The minimum atomic E-state index is 0.252. The lowest BCUT2D eigenvalue weighted by Gasteiger charge is -2.29. The Balaban J connectivity index is 2.27. The number of hydrogen-bond donors (Lipinski definition) is 1. The van der Waals surface area contributed by atoms with Crippen LogP contribution in [0, 0.1) is 5.92 Å². The standard InChI is InChI=1S/C12H25N3O/c1-4-11(2)9-14(3)12(16)10-15-7-5-13-6-8-15/h11,13H,4-10H2,1-3H3.